The second-order valence-electron chi connectivity index (χ2n) is 6.24. The van der Waals surface area contributed by atoms with Crippen LogP contribution < -0.4 is 10.1 Å². The molecule has 0 spiro atoms. The van der Waals surface area contributed by atoms with Gasteiger partial charge in [0.15, 0.2) is 5.13 Å². The summed E-state index contributed by atoms with van der Waals surface area (Å²) in [6.45, 7) is 4.52. The third-order valence-electron chi connectivity index (χ3n) is 4.27. The number of benzene rings is 2. The van der Waals surface area contributed by atoms with Crippen molar-refractivity contribution in [2.45, 2.75) is 13.8 Å². The number of hydrogen-bond acceptors (Lipinski definition) is 7. The first-order valence-electron chi connectivity index (χ1n) is 8.87. The Balaban J connectivity index is 1.74. The smallest absolute Gasteiger partial charge is 0.337 e. The van der Waals surface area contributed by atoms with Gasteiger partial charge in [-0.2, -0.15) is 0 Å². The van der Waals surface area contributed by atoms with Gasteiger partial charge in [0.2, 0.25) is 0 Å². The number of nitrogens with zero attached hydrogens (tertiary/aromatic N) is 2. The van der Waals surface area contributed by atoms with E-state index < -0.39 is 0 Å². The van der Waals surface area contributed by atoms with Crippen molar-refractivity contribution in [2.24, 2.45) is 0 Å². The third-order valence-corrected chi connectivity index (χ3v) is 5.20. The molecule has 0 bridgehead atoms. The zero-order valence-corrected chi connectivity index (χ0v) is 16.6. The normalized spacial score (nSPS) is 11.0. The number of hydrogen-bond donors (Lipinski definition) is 1. The standard InChI is InChI=1S/C21H19N3O3S/c1-4-27-14-6-8-16-15(11-14)18(9-12(2)22-16)24-21-23-17-7-5-13(20(25)26-3)10-19(17)28-21/h5-11H,4H2,1-3H3,(H,22,23,24). The lowest BCUT2D eigenvalue weighted by Crippen LogP contribution is -1.99. The minimum Gasteiger partial charge on any atom is -0.494 e. The number of fused-ring (bicyclic) bond motifs is 2. The van der Waals surface area contributed by atoms with Crippen molar-refractivity contribution in [3.63, 3.8) is 0 Å². The van der Waals surface area contributed by atoms with Gasteiger partial charge in [-0.1, -0.05) is 11.3 Å². The van der Waals surface area contributed by atoms with Crippen LogP contribution in [0.3, 0.4) is 0 Å². The summed E-state index contributed by atoms with van der Waals surface area (Å²) in [5.41, 5.74) is 4.05. The number of methoxy groups -OCH3 is 1. The Morgan fingerprint density at radius 2 is 1.93 bits per heavy atom. The molecule has 0 fully saturated rings. The summed E-state index contributed by atoms with van der Waals surface area (Å²) in [5, 5.41) is 5.11. The molecule has 0 aliphatic rings. The van der Waals surface area contributed by atoms with E-state index in [1.54, 1.807) is 12.1 Å². The summed E-state index contributed by atoms with van der Waals surface area (Å²) in [6, 6.07) is 13.2. The van der Waals surface area contributed by atoms with Gasteiger partial charge in [-0.25, -0.2) is 9.78 Å². The molecule has 4 rings (SSSR count). The summed E-state index contributed by atoms with van der Waals surface area (Å²) in [5.74, 6) is 0.444. The van der Waals surface area contributed by atoms with Gasteiger partial charge in [0.1, 0.15) is 5.75 Å². The van der Waals surface area contributed by atoms with Gasteiger partial charge in [0, 0.05) is 11.1 Å². The Bertz CT molecular complexity index is 1190. The second kappa shape index (κ2) is 7.44. The van der Waals surface area contributed by atoms with Crippen LogP contribution in [0.2, 0.25) is 0 Å². The number of rotatable bonds is 5. The Hall–Kier alpha value is -3.19. The van der Waals surface area contributed by atoms with E-state index in [9.17, 15) is 4.79 Å². The predicted octanol–water partition coefficient (Wildman–Crippen LogP) is 5.08. The third kappa shape index (κ3) is 3.48. The number of aryl methyl sites for hydroxylation is 1. The first kappa shape index (κ1) is 18.2. The Morgan fingerprint density at radius 3 is 2.71 bits per heavy atom. The van der Waals surface area contributed by atoms with Crippen molar-refractivity contribution in [3.05, 3.63) is 53.7 Å². The zero-order chi connectivity index (χ0) is 19.7. The molecular formula is C21H19N3O3S. The van der Waals surface area contributed by atoms with E-state index in [4.69, 9.17) is 9.47 Å². The van der Waals surface area contributed by atoms with Gasteiger partial charge < -0.3 is 14.8 Å². The number of nitrogens with one attached hydrogen (secondary N) is 1. The maximum atomic E-state index is 11.8. The average Bonchev–Trinajstić information content (AvgIpc) is 3.09. The van der Waals surface area contributed by atoms with E-state index in [1.807, 2.05) is 44.2 Å². The molecular weight excluding hydrogens is 374 g/mol. The number of pyridine rings is 1. The van der Waals surface area contributed by atoms with E-state index in [0.717, 1.165) is 43.4 Å². The fraction of sp³-hybridized carbons (Fsp3) is 0.190. The Morgan fingerprint density at radius 1 is 1.11 bits per heavy atom. The molecule has 2 heterocycles. The van der Waals surface area contributed by atoms with E-state index in [1.165, 1.54) is 18.4 Å². The lowest BCUT2D eigenvalue weighted by molar-refractivity contribution is 0.0601. The minimum atomic E-state index is -0.357. The molecule has 0 unspecified atom stereocenters. The quantitative estimate of drug-likeness (QED) is 0.477. The molecule has 0 saturated heterocycles. The van der Waals surface area contributed by atoms with Crippen molar-refractivity contribution in [1.82, 2.24) is 9.97 Å². The molecule has 142 valence electrons. The van der Waals surface area contributed by atoms with Crippen molar-refractivity contribution in [2.75, 3.05) is 19.0 Å². The molecule has 0 saturated carbocycles. The van der Waals surface area contributed by atoms with Crippen LogP contribution in [0.25, 0.3) is 21.1 Å². The Kier molecular flexibility index (Phi) is 4.83. The summed E-state index contributed by atoms with van der Waals surface area (Å²) in [7, 11) is 1.37. The van der Waals surface area contributed by atoms with E-state index in [0.29, 0.717) is 12.2 Å². The van der Waals surface area contributed by atoms with Crippen LogP contribution in [0.4, 0.5) is 10.8 Å². The maximum absolute atomic E-state index is 11.8. The second-order valence-corrected chi connectivity index (χ2v) is 7.27. The molecule has 2 aromatic heterocycles. The number of carbonyl (C=O) groups is 1. The van der Waals surface area contributed by atoms with Crippen LogP contribution in [-0.2, 0) is 4.74 Å². The fourth-order valence-electron chi connectivity index (χ4n) is 3.04. The fourth-order valence-corrected chi connectivity index (χ4v) is 3.95. The largest absolute Gasteiger partial charge is 0.494 e. The van der Waals surface area contributed by atoms with Gasteiger partial charge in [-0.05, 0) is 56.3 Å². The SMILES string of the molecule is CCOc1ccc2nc(C)cc(Nc3nc4ccc(C(=O)OC)cc4s3)c2c1. The van der Waals surface area contributed by atoms with Crippen molar-refractivity contribution in [3.8, 4) is 5.75 Å². The summed E-state index contributed by atoms with van der Waals surface area (Å²) < 4.78 is 11.3. The number of carbonyl (C=O) groups excluding carboxylic acids is 1. The van der Waals surface area contributed by atoms with Gasteiger partial charge in [-0.3, -0.25) is 4.98 Å². The van der Waals surface area contributed by atoms with Crippen LogP contribution >= 0.6 is 11.3 Å². The minimum absolute atomic E-state index is 0.357. The lowest BCUT2D eigenvalue weighted by atomic mass is 10.1. The lowest BCUT2D eigenvalue weighted by Gasteiger charge is -2.10. The summed E-state index contributed by atoms with van der Waals surface area (Å²) in [6.07, 6.45) is 0. The molecule has 0 radical (unpaired) electrons. The topological polar surface area (TPSA) is 73.3 Å². The number of thiazole rings is 1. The average molecular weight is 393 g/mol. The van der Waals surface area contributed by atoms with Crippen molar-refractivity contribution < 1.29 is 14.3 Å². The first-order valence-corrected chi connectivity index (χ1v) is 9.69. The van der Waals surface area contributed by atoms with Gasteiger partial charge >= 0.3 is 5.97 Å². The number of aromatic nitrogens is 2. The molecule has 0 amide bonds. The van der Waals surface area contributed by atoms with Crippen molar-refractivity contribution in [1.29, 1.82) is 0 Å². The van der Waals surface area contributed by atoms with Crippen LogP contribution in [0.5, 0.6) is 5.75 Å². The van der Waals surface area contributed by atoms with Crippen molar-refractivity contribution >= 4 is 49.2 Å². The molecule has 0 aliphatic heterocycles. The highest BCUT2D eigenvalue weighted by molar-refractivity contribution is 7.22. The molecule has 7 heteroatoms. The number of esters is 1. The molecule has 2 aromatic carbocycles. The highest BCUT2D eigenvalue weighted by Gasteiger charge is 2.12. The van der Waals surface area contributed by atoms with E-state index in [2.05, 4.69) is 15.3 Å². The maximum Gasteiger partial charge on any atom is 0.337 e. The van der Waals surface area contributed by atoms with Crippen LogP contribution in [0.1, 0.15) is 23.0 Å². The highest BCUT2D eigenvalue weighted by Crippen LogP contribution is 2.33. The zero-order valence-electron chi connectivity index (χ0n) is 15.8. The molecule has 0 aliphatic carbocycles. The van der Waals surface area contributed by atoms with E-state index >= 15 is 0 Å². The van der Waals surface area contributed by atoms with Crippen LogP contribution in [0, 0.1) is 6.92 Å². The summed E-state index contributed by atoms with van der Waals surface area (Å²) >= 11 is 1.48. The molecule has 6 nitrogen and oxygen atoms in total. The highest BCUT2D eigenvalue weighted by atomic mass is 32.1. The van der Waals surface area contributed by atoms with E-state index in [-0.39, 0.29) is 5.97 Å². The van der Waals surface area contributed by atoms with Gasteiger partial charge in [0.05, 0.1) is 40.7 Å². The van der Waals surface area contributed by atoms with Gasteiger partial charge in [0.25, 0.3) is 0 Å². The molecule has 1 N–H and O–H groups in total. The number of anilines is 2. The monoisotopic (exact) mass is 393 g/mol. The Labute approximate surface area is 166 Å². The molecule has 4 aromatic rings. The summed E-state index contributed by atoms with van der Waals surface area (Å²) in [4.78, 5) is 21.0. The number of ether oxygens (including phenoxy) is 2. The predicted molar refractivity (Wildman–Crippen MR) is 112 cm³/mol. The van der Waals surface area contributed by atoms with Crippen LogP contribution in [-0.4, -0.2) is 29.7 Å². The molecule has 28 heavy (non-hydrogen) atoms. The molecule has 0 atom stereocenters. The van der Waals surface area contributed by atoms with Crippen LogP contribution in [0.15, 0.2) is 42.5 Å². The first-order chi connectivity index (χ1) is 13.6. The van der Waals surface area contributed by atoms with Gasteiger partial charge in [-0.15, -0.1) is 0 Å².